The molecule has 1 atom stereocenters. The Hall–Kier alpha value is -3.78. The molecule has 1 aliphatic heterocycles. The van der Waals surface area contributed by atoms with Crippen LogP contribution in [0.4, 0.5) is 0 Å². The number of ketones is 1. The Bertz CT molecular complexity index is 1260. The first kappa shape index (κ1) is 25.3. The Morgan fingerprint density at radius 1 is 1.08 bits per heavy atom. The highest BCUT2D eigenvalue weighted by atomic mass is 16.5. The topological polar surface area (TPSA) is 98.4 Å². The van der Waals surface area contributed by atoms with Crippen LogP contribution < -0.4 is 9.47 Å². The molecule has 8 nitrogen and oxygen atoms in total. The van der Waals surface area contributed by atoms with Gasteiger partial charge in [0.2, 0.25) is 5.78 Å². The number of carbonyl (C=O) groups excluding carboxylic acids is 2. The molecule has 3 aromatic rings. The van der Waals surface area contributed by atoms with E-state index in [0.717, 1.165) is 12.8 Å². The molecule has 0 fully saturated rings. The van der Waals surface area contributed by atoms with Gasteiger partial charge in [0.05, 0.1) is 25.3 Å². The number of Topliss-reactive ketones (excluding diaryl/α,β-unsaturated/α-hetero) is 1. The molecule has 0 saturated carbocycles. The number of unbranched alkanes of at least 4 members (excludes halogenated alkanes) is 1. The lowest BCUT2D eigenvalue weighted by Gasteiger charge is -2.26. The third kappa shape index (κ3) is 4.95. The first-order chi connectivity index (χ1) is 17.5. The number of benzene rings is 2. The van der Waals surface area contributed by atoms with E-state index in [1.54, 1.807) is 31.4 Å². The van der Waals surface area contributed by atoms with Gasteiger partial charge in [-0.05, 0) is 42.7 Å². The number of hydrogen-bond donors (Lipinski definition) is 1. The zero-order chi connectivity index (χ0) is 25.7. The van der Waals surface area contributed by atoms with Gasteiger partial charge in [0, 0.05) is 25.6 Å². The van der Waals surface area contributed by atoms with Gasteiger partial charge in [0.15, 0.2) is 22.9 Å². The zero-order valence-electron chi connectivity index (χ0n) is 20.8. The second-order valence-corrected chi connectivity index (χ2v) is 8.60. The van der Waals surface area contributed by atoms with E-state index in [0.29, 0.717) is 54.2 Å². The fourth-order valence-electron chi connectivity index (χ4n) is 4.36. The molecule has 0 radical (unpaired) electrons. The number of hydrogen-bond acceptors (Lipinski definition) is 7. The number of aliphatic hydroxyl groups is 1. The molecule has 0 bridgehead atoms. The molecule has 0 spiro atoms. The number of methoxy groups -OCH3 is 2. The molecule has 8 heteroatoms. The van der Waals surface area contributed by atoms with Gasteiger partial charge < -0.3 is 28.6 Å². The van der Waals surface area contributed by atoms with E-state index in [1.807, 2.05) is 24.3 Å². The van der Waals surface area contributed by atoms with Crippen LogP contribution in [-0.2, 0) is 9.53 Å². The first-order valence-electron chi connectivity index (χ1n) is 12.1. The molecule has 1 N–H and O–H groups in total. The predicted molar refractivity (Wildman–Crippen MR) is 135 cm³/mol. The van der Waals surface area contributed by atoms with Gasteiger partial charge in [0.1, 0.15) is 5.75 Å². The molecule has 2 aromatic carbocycles. The number of furan rings is 1. The average molecular weight is 494 g/mol. The summed E-state index contributed by atoms with van der Waals surface area (Å²) in [4.78, 5) is 28.3. The minimum atomic E-state index is -0.776. The molecule has 4 rings (SSSR count). The van der Waals surface area contributed by atoms with Crippen LogP contribution in [0.2, 0.25) is 0 Å². The number of nitrogens with zero attached hydrogens (tertiary/aromatic N) is 1. The van der Waals surface area contributed by atoms with E-state index in [4.69, 9.17) is 18.6 Å². The Kier molecular flexibility index (Phi) is 7.95. The second kappa shape index (κ2) is 11.3. The minimum Gasteiger partial charge on any atom is -0.503 e. The first-order valence-corrected chi connectivity index (χ1v) is 12.1. The summed E-state index contributed by atoms with van der Waals surface area (Å²) in [6.07, 6.45) is 2.53. The molecular weight excluding hydrogens is 462 g/mol. The van der Waals surface area contributed by atoms with Crippen LogP contribution in [0, 0.1) is 0 Å². The smallest absolute Gasteiger partial charge is 0.290 e. The third-order valence-electron chi connectivity index (χ3n) is 6.21. The number of para-hydroxylation sites is 1. The SMILES string of the molecule is CCCCOc1ccc(C2C(C(=O)c3cc4cccc(OC)c4o3)=C(O)C(=O)N2CCCOC)cc1. The van der Waals surface area contributed by atoms with Crippen molar-refractivity contribution in [2.45, 2.75) is 32.2 Å². The molecular formula is C28H31NO7. The normalized spacial score (nSPS) is 15.7. The van der Waals surface area contributed by atoms with Gasteiger partial charge in [-0.2, -0.15) is 0 Å². The van der Waals surface area contributed by atoms with Crippen molar-refractivity contribution in [3.05, 3.63) is 71.2 Å². The van der Waals surface area contributed by atoms with Gasteiger partial charge in [-0.3, -0.25) is 9.59 Å². The molecule has 1 aromatic heterocycles. The standard InChI is InChI=1S/C28H31NO7/c1-4-5-16-35-20-12-10-18(11-13-20)24-23(26(31)28(32)29(24)14-7-15-33-2)25(30)22-17-19-8-6-9-21(34-3)27(19)36-22/h6,8-13,17,24,31H,4-5,7,14-16H2,1-3H3. The van der Waals surface area contributed by atoms with Crippen molar-refractivity contribution in [3.63, 3.8) is 0 Å². The maximum absolute atomic E-state index is 13.7. The molecule has 1 amide bonds. The fourth-order valence-corrected chi connectivity index (χ4v) is 4.36. The van der Waals surface area contributed by atoms with E-state index in [1.165, 1.54) is 12.0 Å². The number of aliphatic hydroxyl groups excluding tert-OH is 1. The van der Waals surface area contributed by atoms with Crippen LogP contribution in [0.25, 0.3) is 11.0 Å². The molecule has 190 valence electrons. The number of rotatable bonds is 12. The second-order valence-electron chi connectivity index (χ2n) is 8.60. The Labute approximate surface area is 210 Å². The van der Waals surface area contributed by atoms with Crippen LogP contribution in [0.1, 0.15) is 48.3 Å². The van der Waals surface area contributed by atoms with Gasteiger partial charge >= 0.3 is 0 Å². The maximum atomic E-state index is 13.7. The lowest BCUT2D eigenvalue weighted by Crippen LogP contribution is -2.32. The summed E-state index contributed by atoms with van der Waals surface area (Å²) in [5, 5.41) is 11.6. The Balaban J connectivity index is 1.71. The summed E-state index contributed by atoms with van der Waals surface area (Å²) in [5.74, 6) is -0.514. The molecule has 0 saturated heterocycles. The minimum absolute atomic E-state index is 0.0184. The van der Waals surface area contributed by atoms with Gasteiger partial charge in [-0.15, -0.1) is 0 Å². The molecule has 1 aliphatic rings. The Morgan fingerprint density at radius 2 is 1.86 bits per heavy atom. The predicted octanol–water partition coefficient (Wildman–Crippen LogP) is 5.24. The van der Waals surface area contributed by atoms with Crippen molar-refractivity contribution in [2.24, 2.45) is 0 Å². The van der Waals surface area contributed by atoms with E-state index < -0.39 is 23.5 Å². The summed E-state index contributed by atoms with van der Waals surface area (Å²) < 4.78 is 22.1. The van der Waals surface area contributed by atoms with E-state index in [9.17, 15) is 14.7 Å². The largest absolute Gasteiger partial charge is 0.503 e. The van der Waals surface area contributed by atoms with Crippen molar-refractivity contribution >= 4 is 22.7 Å². The summed E-state index contributed by atoms with van der Waals surface area (Å²) in [6.45, 7) is 3.45. The third-order valence-corrected chi connectivity index (χ3v) is 6.21. The molecule has 1 unspecified atom stereocenters. The number of ether oxygens (including phenoxy) is 3. The number of fused-ring (bicyclic) bond motifs is 1. The quantitative estimate of drug-likeness (QED) is 0.272. The van der Waals surface area contributed by atoms with Gasteiger partial charge in [0.25, 0.3) is 5.91 Å². The molecule has 2 heterocycles. The number of amides is 1. The monoisotopic (exact) mass is 493 g/mol. The van der Waals surface area contributed by atoms with Crippen molar-refractivity contribution in [3.8, 4) is 11.5 Å². The molecule has 0 aliphatic carbocycles. The maximum Gasteiger partial charge on any atom is 0.290 e. The highest BCUT2D eigenvalue weighted by Crippen LogP contribution is 2.40. The summed E-state index contributed by atoms with van der Waals surface area (Å²) in [7, 11) is 3.10. The highest BCUT2D eigenvalue weighted by Gasteiger charge is 2.44. The van der Waals surface area contributed by atoms with Crippen LogP contribution in [0.15, 0.2) is 64.3 Å². The summed E-state index contributed by atoms with van der Waals surface area (Å²) in [5.41, 5.74) is 1.09. The van der Waals surface area contributed by atoms with Gasteiger partial charge in [-0.1, -0.05) is 37.6 Å². The molecule has 36 heavy (non-hydrogen) atoms. The average Bonchev–Trinajstić information content (AvgIpc) is 3.44. The highest BCUT2D eigenvalue weighted by molar-refractivity contribution is 6.16. The van der Waals surface area contributed by atoms with Crippen LogP contribution in [-0.4, -0.2) is 55.7 Å². The summed E-state index contributed by atoms with van der Waals surface area (Å²) in [6, 6.07) is 13.4. The summed E-state index contributed by atoms with van der Waals surface area (Å²) >= 11 is 0. The van der Waals surface area contributed by atoms with Crippen molar-refractivity contribution in [1.82, 2.24) is 4.90 Å². The zero-order valence-corrected chi connectivity index (χ0v) is 20.8. The van der Waals surface area contributed by atoms with E-state index in [-0.39, 0.29) is 11.3 Å². The van der Waals surface area contributed by atoms with Crippen LogP contribution >= 0.6 is 0 Å². The van der Waals surface area contributed by atoms with Crippen LogP contribution in [0.5, 0.6) is 11.5 Å². The lowest BCUT2D eigenvalue weighted by atomic mass is 9.95. The van der Waals surface area contributed by atoms with Crippen molar-refractivity contribution < 1.29 is 33.3 Å². The van der Waals surface area contributed by atoms with E-state index in [2.05, 4.69) is 6.92 Å². The fraction of sp³-hybridized carbons (Fsp3) is 0.357. The number of carbonyl (C=O) groups is 2. The van der Waals surface area contributed by atoms with E-state index >= 15 is 0 Å². The van der Waals surface area contributed by atoms with Gasteiger partial charge in [-0.25, -0.2) is 0 Å². The van der Waals surface area contributed by atoms with Crippen molar-refractivity contribution in [1.29, 1.82) is 0 Å². The lowest BCUT2D eigenvalue weighted by molar-refractivity contribution is -0.129. The van der Waals surface area contributed by atoms with Crippen LogP contribution in [0.3, 0.4) is 0 Å². The Morgan fingerprint density at radius 3 is 2.56 bits per heavy atom. The van der Waals surface area contributed by atoms with Crippen molar-refractivity contribution in [2.75, 3.05) is 34.0 Å².